The Morgan fingerprint density at radius 3 is 1.88 bits per heavy atom. The zero-order chi connectivity index (χ0) is 13.4. The molecule has 0 aliphatic heterocycles. The van der Waals surface area contributed by atoms with Gasteiger partial charge in [0.15, 0.2) is 0 Å². The summed E-state index contributed by atoms with van der Waals surface area (Å²) in [5.41, 5.74) is 2.97. The van der Waals surface area contributed by atoms with Crippen molar-refractivity contribution in [3.05, 3.63) is 34.9 Å². The first-order valence-corrected chi connectivity index (χ1v) is 4.64. The molecule has 0 fully saturated rings. The van der Waals surface area contributed by atoms with Crippen LogP contribution in [0.4, 0.5) is 22.0 Å². The van der Waals surface area contributed by atoms with Crippen LogP contribution in [0.5, 0.6) is 0 Å². The van der Waals surface area contributed by atoms with E-state index in [4.69, 9.17) is 5.73 Å². The van der Waals surface area contributed by atoms with Gasteiger partial charge in [-0.05, 0) is 24.6 Å². The molecule has 1 aromatic rings. The highest BCUT2D eigenvalue weighted by atomic mass is 19.4. The summed E-state index contributed by atoms with van der Waals surface area (Å²) >= 11 is 0. The third-order valence-electron chi connectivity index (χ3n) is 2.19. The Morgan fingerprint density at radius 2 is 1.59 bits per heavy atom. The summed E-state index contributed by atoms with van der Waals surface area (Å²) in [4.78, 5) is 0. The molecule has 2 atom stereocenters. The van der Waals surface area contributed by atoms with Gasteiger partial charge in [0.25, 0.3) is 0 Å². The lowest BCUT2D eigenvalue weighted by atomic mass is 10.0. The molecule has 0 aliphatic rings. The Labute approximate surface area is 93.9 Å². The fourth-order valence-corrected chi connectivity index (χ4v) is 1.34. The van der Waals surface area contributed by atoms with Gasteiger partial charge in [-0.2, -0.15) is 13.2 Å². The van der Waals surface area contributed by atoms with E-state index in [9.17, 15) is 27.1 Å². The van der Waals surface area contributed by atoms with Crippen molar-refractivity contribution >= 4 is 0 Å². The van der Waals surface area contributed by atoms with E-state index in [1.807, 2.05) is 0 Å². The molecule has 0 heterocycles. The van der Waals surface area contributed by atoms with Crippen LogP contribution < -0.4 is 5.73 Å². The number of halogens is 5. The molecule has 17 heavy (non-hydrogen) atoms. The zero-order valence-electron chi connectivity index (χ0n) is 8.72. The summed E-state index contributed by atoms with van der Waals surface area (Å²) < 4.78 is 62.9. The minimum Gasteiger partial charge on any atom is -0.387 e. The molecule has 1 aromatic carbocycles. The van der Waals surface area contributed by atoms with E-state index < -0.39 is 35.5 Å². The van der Waals surface area contributed by atoms with Gasteiger partial charge in [-0.1, -0.05) is 0 Å². The Morgan fingerprint density at radius 1 is 1.18 bits per heavy atom. The van der Waals surface area contributed by atoms with Crippen LogP contribution in [0, 0.1) is 11.6 Å². The fraction of sp³-hybridized carbons (Fsp3) is 0.400. The van der Waals surface area contributed by atoms with E-state index in [0.29, 0.717) is 12.1 Å². The maximum atomic E-state index is 13.1. The van der Waals surface area contributed by atoms with Crippen LogP contribution in [-0.2, 0) is 6.18 Å². The van der Waals surface area contributed by atoms with E-state index in [1.165, 1.54) is 6.92 Å². The highest BCUT2D eigenvalue weighted by molar-refractivity contribution is 5.30. The standard InChI is InChI=1S/C10H10F5NO/c1-4(16)9(17)5-2-6(11)8(7(12)3-5)10(13,14)15/h2-4,9,17H,16H2,1H3/t4-,9-/m1/s1. The molecule has 0 radical (unpaired) electrons. The first kappa shape index (κ1) is 13.9. The molecule has 2 nitrogen and oxygen atoms in total. The Bertz CT molecular complexity index is 393. The Hall–Kier alpha value is -1.21. The van der Waals surface area contributed by atoms with Crippen LogP contribution in [0.15, 0.2) is 12.1 Å². The van der Waals surface area contributed by atoms with Gasteiger partial charge in [0.05, 0.1) is 6.10 Å². The molecular weight excluding hydrogens is 245 g/mol. The van der Waals surface area contributed by atoms with Crippen LogP contribution in [-0.4, -0.2) is 11.1 Å². The maximum Gasteiger partial charge on any atom is 0.422 e. The molecule has 7 heteroatoms. The predicted octanol–water partition coefficient (Wildman–Crippen LogP) is 2.36. The van der Waals surface area contributed by atoms with Gasteiger partial charge in [0, 0.05) is 6.04 Å². The number of alkyl halides is 3. The summed E-state index contributed by atoms with van der Waals surface area (Å²) in [7, 11) is 0. The van der Waals surface area contributed by atoms with Crippen molar-refractivity contribution in [1.82, 2.24) is 0 Å². The molecule has 0 saturated carbocycles. The Balaban J connectivity index is 3.28. The lowest BCUT2D eigenvalue weighted by Gasteiger charge is -2.17. The molecule has 0 saturated heterocycles. The van der Waals surface area contributed by atoms with E-state index in [-0.39, 0.29) is 5.56 Å². The van der Waals surface area contributed by atoms with Crippen molar-refractivity contribution in [1.29, 1.82) is 0 Å². The third kappa shape index (κ3) is 2.92. The normalized spacial score (nSPS) is 15.8. The second kappa shape index (κ2) is 4.58. The Kier molecular flexibility index (Phi) is 3.73. The summed E-state index contributed by atoms with van der Waals surface area (Å²) in [6.45, 7) is 1.36. The van der Waals surface area contributed by atoms with E-state index in [1.54, 1.807) is 0 Å². The maximum absolute atomic E-state index is 13.1. The summed E-state index contributed by atoms with van der Waals surface area (Å²) in [6.07, 6.45) is -6.55. The largest absolute Gasteiger partial charge is 0.422 e. The van der Waals surface area contributed by atoms with Gasteiger partial charge < -0.3 is 10.8 Å². The molecule has 0 unspecified atom stereocenters. The quantitative estimate of drug-likeness (QED) is 0.797. The minimum absolute atomic E-state index is 0.331. The average molecular weight is 255 g/mol. The molecule has 96 valence electrons. The zero-order valence-corrected chi connectivity index (χ0v) is 8.72. The number of benzene rings is 1. The first-order valence-electron chi connectivity index (χ1n) is 4.64. The smallest absolute Gasteiger partial charge is 0.387 e. The predicted molar refractivity (Wildman–Crippen MR) is 50.0 cm³/mol. The van der Waals surface area contributed by atoms with Crippen LogP contribution in [0.25, 0.3) is 0 Å². The molecule has 0 bridgehead atoms. The average Bonchev–Trinajstić information content (AvgIpc) is 2.12. The number of aliphatic hydroxyl groups is 1. The van der Waals surface area contributed by atoms with E-state index >= 15 is 0 Å². The molecule has 0 spiro atoms. The number of aliphatic hydroxyl groups excluding tert-OH is 1. The highest BCUT2D eigenvalue weighted by Gasteiger charge is 2.38. The van der Waals surface area contributed by atoms with Crippen LogP contribution in [0.1, 0.15) is 24.2 Å². The van der Waals surface area contributed by atoms with Crippen molar-refractivity contribution < 1.29 is 27.1 Å². The van der Waals surface area contributed by atoms with Gasteiger partial charge in [-0.25, -0.2) is 8.78 Å². The van der Waals surface area contributed by atoms with E-state index in [2.05, 4.69) is 0 Å². The molecule has 0 amide bonds. The van der Waals surface area contributed by atoms with Gasteiger partial charge >= 0.3 is 6.18 Å². The minimum atomic E-state index is -5.12. The summed E-state index contributed by atoms with van der Waals surface area (Å²) in [6, 6.07) is 0.00499. The van der Waals surface area contributed by atoms with Crippen molar-refractivity contribution in [2.75, 3.05) is 0 Å². The van der Waals surface area contributed by atoms with Gasteiger partial charge in [0.2, 0.25) is 0 Å². The van der Waals surface area contributed by atoms with Crippen molar-refractivity contribution in [2.24, 2.45) is 5.73 Å². The molecule has 3 N–H and O–H groups in total. The number of hydrogen-bond acceptors (Lipinski definition) is 2. The van der Waals surface area contributed by atoms with Crippen molar-refractivity contribution in [3.63, 3.8) is 0 Å². The molecule has 0 aliphatic carbocycles. The summed E-state index contributed by atoms with van der Waals surface area (Å²) in [5, 5.41) is 9.40. The highest BCUT2D eigenvalue weighted by Crippen LogP contribution is 2.35. The SMILES string of the molecule is C[C@@H](N)[C@@H](O)c1cc(F)c(C(F)(F)F)c(F)c1. The second-order valence-corrected chi connectivity index (χ2v) is 3.66. The monoisotopic (exact) mass is 255 g/mol. The fourth-order valence-electron chi connectivity index (χ4n) is 1.34. The number of rotatable bonds is 2. The molecule has 0 aromatic heterocycles. The lowest BCUT2D eigenvalue weighted by molar-refractivity contribution is -0.142. The van der Waals surface area contributed by atoms with E-state index in [0.717, 1.165) is 0 Å². The molecule has 1 rings (SSSR count). The van der Waals surface area contributed by atoms with Crippen molar-refractivity contribution in [2.45, 2.75) is 25.2 Å². The van der Waals surface area contributed by atoms with Gasteiger partial charge in [0.1, 0.15) is 17.2 Å². The van der Waals surface area contributed by atoms with Crippen molar-refractivity contribution in [3.8, 4) is 0 Å². The lowest BCUT2D eigenvalue weighted by Crippen LogP contribution is -2.25. The third-order valence-corrected chi connectivity index (χ3v) is 2.19. The second-order valence-electron chi connectivity index (χ2n) is 3.66. The van der Waals surface area contributed by atoms with Gasteiger partial charge in [-0.3, -0.25) is 0 Å². The molecular formula is C10H10F5NO. The first-order chi connectivity index (χ1) is 7.64. The van der Waals surface area contributed by atoms with Crippen LogP contribution in [0.3, 0.4) is 0 Å². The van der Waals surface area contributed by atoms with Gasteiger partial charge in [-0.15, -0.1) is 0 Å². The number of hydrogen-bond donors (Lipinski definition) is 2. The van der Waals surface area contributed by atoms with Crippen LogP contribution >= 0.6 is 0 Å². The summed E-state index contributed by atoms with van der Waals surface area (Å²) in [5.74, 6) is -3.54. The van der Waals surface area contributed by atoms with Crippen LogP contribution in [0.2, 0.25) is 0 Å². The number of nitrogens with two attached hydrogens (primary N) is 1. The topological polar surface area (TPSA) is 46.2 Å².